The topological polar surface area (TPSA) is 86.0 Å². The van der Waals surface area contributed by atoms with Crippen LogP contribution in [-0.2, 0) is 0 Å². The Labute approximate surface area is 162 Å². The first-order valence-electron chi connectivity index (χ1n) is 8.47. The summed E-state index contributed by atoms with van der Waals surface area (Å²) in [5.41, 5.74) is 2.79. The van der Waals surface area contributed by atoms with Crippen molar-refractivity contribution in [2.75, 3.05) is 19.5 Å². The molecule has 7 heteroatoms. The number of nitro groups is 1. The zero-order valence-electron chi connectivity index (χ0n) is 15.5. The predicted molar refractivity (Wildman–Crippen MR) is 110 cm³/mol. The van der Waals surface area contributed by atoms with Crippen LogP contribution in [0.5, 0.6) is 11.5 Å². The summed E-state index contributed by atoms with van der Waals surface area (Å²) in [4.78, 5) is 15.2. The van der Waals surface area contributed by atoms with Gasteiger partial charge in [0.1, 0.15) is 0 Å². The number of nitrogens with one attached hydrogen (secondary N) is 1. The molecule has 28 heavy (non-hydrogen) atoms. The van der Waals surface area contributed by atoms with Crippen molar-refractivity contribution < 1.29 is 14.4 Å². The van der Waals surface area contributed by atoms with Gasteiger partial charge in [-0.25, -0.2) is 0 Å². The van der Waals surface area contributed by atoms with E-state index in [-0.39, 0.29) is 5.69 Å². The van der Waals surface area contributed by atoms with Crippen LogP contribution in [0.25, 0.3) is 0 Å². The lowest BCUT2D eigenvalue weighted by Gasteiger charge is -2.08. The van der Waals surface area contributed by atoms with E-state index in [1.807, 2.05) is 54.6 Å². The Morgan fingerprint density at radius 3 is 2.14 bits per heavy atom. The quantitative estimate of drug-likeness (QED) is 0.351. The standard InChI is InChI=1S/C21H19N3O4/c1-27-20-12-15(19(24(25)26)13-21(20)28-2)14-22-16-8-10-18(11-9-16)23-17-6-4-3-5-7-17/h3-14,23H,1-2H3. The second kappa shape index (κ2) is 8.68. The Bertz CT molecular complexity index is 987. The van der Waals surface area contributed by atoms with Crippen LogP contribution in [0.15, 0.2) is 71.7 Å². The van der Waals surface area contributed by atoms with E-state index in [2.05, 4.69) is 10.3 Å². The lowest BCUT2D eigenvalue weighted by Crippen LogP contribution is -1.98. The average molecular weight is 377 g/mol. The number of nitro benzene ring substituents is 1. The van der Waals surface area contributed by atoms with Gasteiger partial charge in [-0.3, -0.25) is 15.1 Å². The molecule has 3 aromatic rings. The zero-order valence-corrected chi connectivity index (χ0v) is 15.5. The summed E-state index contributed by atoms with van der Waals surface area (Å²) in [5, 5.41) is 14.6. The molecule has 0 spiro atoms. The largest absolute Gasteiger partial charge is 0.493 e. The molecule has 0 aliphatic rings. The molecule has 0 radical (unpaired) electrons. The number of benzene rings is 3. The highest BCUT2D eigenvalue weighted by atomic mass is 16.6. The summed E-state index contributed by atoms with van der Waals surface area (Å²) in [7, 11) is 2.91. The summed E-state index contributed by atoms with van der Waals surface area (Å²) in [6.45, 7) is 0. The normalized spacial score (nSPS) is 10.6. The van der Waals surface area contributed by atoms with Crippen LogP contribution in [-0.4, -0.2) is 25.4 Å². The van der Waals surface area contributed by atoms with E-state index in [0.29, 0.717) is 22.7 Å². The van der Waals surface area contributed by atoms with E-state index in [4.69, 9.17) is 9.47 Å². The molecule has 0 bridgehead atoms. The SMILES string of the molecule is COc1cc(C=Nc2ccc(Nc3ccccc3)cc2)c([N+](=O)[O-])cc1OC. The Hall–Kier alpha value is -3.87. The van der Waals surface area contributed by atoms with Gasteiger partial charge in [-0.1, -0.05) is 18.2 Å². The summed E-state index contributed by atoms with van der Waals surface area (Å²) >= 11 is 0. The van der Waals surface area contributed by atoms with Gasteiger partial charge in [0.05, 0.1) is 36.5 Å². The van der Waals surface area contributed by atoms with Crippen molar-refractivity contribution in [3.63, 3.8) is 0 Å². The maximum absolute atomic E-state index is 11.4. The molecule has 142 valence electrons. The van der Waals surface area contributed by atoms with Crippen molar-refractivity contribution in [2.24, 2.45) is 4.99 Å². The minimum absolute atomic E-state index is 0.108. The Morgan fingerprint density at radius 2 is 1.54 bits per heavy atom. The van der Waals surface area contributed by atoms with Gasteiger partial charge in [-0.05, 0) is 42.5 Å². The third-order valence-corrected chi connectivity index (χ3v) is 4.01. The fourth-order valence-corrected chi connectivity index (χ4v) is 2.61. The molecule has 0 aliphatic carbocycles. The van der Waals surface area contributed by atoms with Gasteiger partial charge in [0.2, 0.25) is 0 Å². The summed E-state index contributed by atoms with van der Waals surface area (Å²) in [6.07, 6.45) is 1.44. The van der Waals surface area contributed by atoms with Crippen LogP contribution >= 0.6 is 0 Å². The van der Waals surface area contributed by atoms with Crippen LogP contribution in [0.1, 0.15) is 5.56 Å². The number of hydrogen-bond acceptors (Lipinski definition) is 6. The van der Waals surface area contributed by atoms with Gasteiger partial charge in [-0.15, -0.1) is 0 Å². The number of hydrogen-bond donors (Lipinski definition) is 1. The number of nitrogens with zero attached hydrogens (tertiary/aromatic N) is 2. The second-order valence-corrected chi connectivity index (χ2v) is 5.82. The minimum atomic E-state index is -0.476. The maximum Gasteiger partial charge on any atom is 0.282 e. The molecule has 0 saturated heterocycles. The average Bonchev–Trinajstić information content (AvgIpc) is 2.73. The van der Waals surface area contributed by atoms with Gasteiger partial charge in [0.15, 0.2) is 11.5 Å². The molecule has 0 heterocycles. The van der Waals surface area contributed by atoms with Crippen LogP contribution in [0.4, 0.5) is 22.7 Å². The molecule has 3 rings (SSSR count). The number of methoxy groups -OCH3 is 2. The lowest BCUT2D eigenvalue weighted by molar-refractivity contribution is -0.385. The number of ether oxygens (including phenoxy) is 2. The Kier molecular flexibility index (Phi) is 5.86. The molecule has 0 aliphatic heterocycles. The minimum Gasteiger partial charge on any atom is -0.493 e. The van der Waals surface area contributed by atoms with E-state index in [9.17, 15) is 10.1 Å². The fraction of sp³-hybridized carbons (Fsp3) is 0.0952. The first kappa shape index (κ1) is 18.9. The highest BCUT2D eigenvalue weighted by Crippen LogP contribution is 2.34. The van der Waals surface area contributed by atoms with Crippen LogP contribution in [0.3, 0.4) is 0 Å². The van der Waals surface area contributed by atoms with Gasteiger partial charge in [0.25, 0.3) is 5.69 Å². The van der Waals surface area contributed by atoms with Crippen molar-refractivity contribution in [2.45, 2.75) is 0 Å². The molecule has 0 fully saturated rings. The molecule has 3 aromatic carbocycles. The Balaban J connectivity index is 1.82. The van der Waals surface area contributed by atoms with Crippen LogP contribution in [0.2, 0.25) is 0 Å². The number of para-hydroxylation sites is 1. The summed E-state index contributed by atoms with van der Waals surface area (Å²) < 4.78 is 10.3. The second-order valence-electron chi connectivity index (χ2n) is 5.82. The summed E-state index contributed by atoms with van der Waals surface area (Å²) in [6, 6.07) is 20.1. The molecular formula is C21H19N3O4. The molecule has 0 amide bonds. The highest BCUT2D eigenvalue weighted by Gasteiger charge is 2.18. The third-order valence-electron chi connectivity index (χ3n) is 4.01. The molecule has 0 aromatic heterocycles. The highest BCUT2D eigenvalue weighted by molar-refractivity contribution is 5.88. The molecule has 0 atom stereocenters. The fourth-order valence-electron chi connectivity index (χ4n) is 2.61. The summed E-state index contributed by atoms with van der Waals surface area (Å²) in [5.74, 6) is 0.694. The first-order valence-corrected chi connectivity index (χ1v) is 8.47. The van der Waals surface area contributed by atoms with Crippen LogP contribution < -0.4 is 14.8 Å². The van der Waals surface area contributed by atoms with E-state index in [1.54, 1.807) is 0 Å². The molecule has 0 saturated carbocycles. The third kappa shape index (κ3) is 4.45. The Morgan fingerprint density at radius 1 is 0.929 bits per heavy atom. The van der Waals surface area contributed by atoms with Gasteiger partial charge in [0, 0.05) is 17.6 Å². The van der Waals surface area contributed by atoms with E-state index in [1.165, 1.54) is 32.6 Å². The zero-order chi connectivity index (χ0) is 19.9. The van der Waals surface area contributed by atoms with Crippen molar-refractivity contribution in [3.8, 4) is 11.5 Å². The predicted octanol–water partition coefficient (Wildman–Crippen LogP) is 5.11. The van der Waals surface area contributed by atoms with Gasteiger partial charge < -0.3 is 14.8 Å². The molecule has 0 unspecified atom stereocenters. The van der Waals surface area contributed by atoms with Gasteiger partial charge in [-0.2, -0.15) is 0 Å². The first-order chi connectivity index (χ1) is 13.6. The van der Waals surface area contributed by atoms with E-state index >= 15 is 0 Å². The van der Waals surface area contributed by atoms with Crippen molar-refractivity contribution in [1.82, 2.24) is 0 Å². The van der Waals surface area contributed by atoms with E-state index in [0.717, 1.165) is 11.4 Å². The molecule has 7 nitrogen and oxygen atoms in total. The van der Waals surface area contributed by atoms with E-state index < -0.39 is 4.92 Å². The smallest absolute Gasteiger partial charge is 0.282 e. The van der Waals surface area contributed by atoms with Crippen molar-refractivity contribution >= 4 is 29.0 Å². The number of anilines is 2. The van der Waals surface area contributed by atoms with Crippen molar-refractivity contribution in [1.29, 1.82) is 0 Å². The van der Waals surface area contributed by atoms with Crippen LogP contribution in [0, 0.1) is 10.1 Å². The van der Waals surface area contributed by atoms with Gasteiger partial charge >= 0.3 is 0 Å². The monoisotopic (exact) mass is 377 g/mol. The van der Waals surface area contributed by atoms with Crippen molar-refractivity contribution in [3.05, 3.63) is 82.4 Å². The lowest BCUT2D eigenvalue weighted by atomic mass is 10.1. The molecular weight excluding hydrogens is 358 g/mol. The maximum atomic E-state index is 11.4. The number of aliphatic imine (C=N–C) groups is 1. The number of rotatable bonds is 7. The molecule has 1 N–H and O–H groups in total.